The van der Waals surface area contributed by atoms with Crippen LogP contribution in [-0.4, -0.2) is 37.4 Å². The maximum atomic E-state index is 13.7. The first-order valence-corrected chi connectivity index (χ1v) is 11.0. The van der Waals surface area contributed by atoms with Gasteiger partial charge >= 0.3 is 0 Å². The molecule has 2 aromatic carbocycles. The smallest absolute Gasteiger partial charge is 0.266 e. The minimum Gasteiger partial charge on any atom is -0.497 e. The van der Waals surface area contributed by atoms with Gasteiger partial charge in [0.25, 0.3) is 5.91 Å². The SMILES string of the molecule is COc1ccc(S(=O)(=O)C2(C(=O)NO)CCCCC2NCc2ccccc2)cc1. The molecule has 0 saturated heterocycles. The second-order valence-electron chi connectivity index (χ2n) is 7.17. The van der Waals surface area contributed by atoms with Gasteiger partial charge < -0.3 is 10.1 Å². The van der Waals surface area contributed by atoms with Gasteiger partial charge in [0, 0.05) is 12.6 Å². The Morgan fingerprint density at radius 1 is 1.14 bits per heavy atom. The van der Waals surface area contributed by atoms with Crippen molar-refractivity contribution >= 4 is 15.7 Å². The van der Waals surface area contributed by atoms with Crippen LogP contribution in [0.5, 0.6) is 5.75 Å². The second-order valence-corrected chi connectivity index (χ2v) is 9.38. The fraction of sp³-hybridized carbons (Fsp3) is 0.381. The summed E-state index contributed by atoms with van der Waals surface area (Å²) < 4.78 is 30.7. The number of sulfone groups is 1. The molecule has 7 nitrogen and oxygen atoms in total. The van der Waals surface area contributed by atoms with Gasteiger partial charge in [-0.1, -0.05) is 43.2 Å². The lowest BCUT2D eigenvalue weighted by Crippen LogP contribution is -2.64. The molecule has 2 aromatic rings. The van der Waals surface area contributed by atoms with E-state index in [1.165, 1.54) is 19.2 Å². The van der Waals surface area contributed by atoms with E-state index in [1.807, 2.05) is 30.3 Å². The van der Waals surface area contributed by atoms with E-state index in [-0.39, 0.29) is 11.3 Å². The van der Waals surface area contributed by atoms with E-state index in [4.69, 9.17) is 4.74 Å². The highest BCUT2D eigenvalue weighted by atomic mass is 32.2. The molecule has 1 aliphatic carbocycles. The van der Waals surface area contributed by atoms with E-state index in [9.17, 15) is 18.4 Å². The maximum absolute atomic E-state index is 13.7. The quantitative estimate of drug-likeness (QED) is 0.471. The number of carbonyl (C=O) groups is 1. The Hall–Kier alpha value is -2.42. The first kappa shape index (κ1) is 21.3. The van der Waals surface area contributed by atoms with Crippen molar-refractivity contribution in [2.75, 3.05) is 7.11 Å². The molecular formula is C21H26N2O5S. The van der Waals surface area contributed by atoms with Gasteiger partial charge in [-0.3, -0.25) is 10.0 Å². The topological polar surface area (TPSA) is 105 Å². The van der Waals surface area contributed by atoms with E-state index in [0.29, 0.717) is 25.1 Å². The fourth-order valence-electron chi connectivity index (χ4n) is 4.02. The van der Waals surface area contributed by atoms with Crippen molar-refractivity contribution in [3.05, 3.63) is 60.2 Å². The zero-order valence-electron chi connectivity index (χ0n) is 16.3. The van der Waals surface area contributed by atoms with Crippen molar-refractivity contribution in [3.63, 3.8) is 0 Å². The minimum atomic E-state index is -4.10. The van der Waals surface area contributed by atoms with Crippen LogP contribution in [0.2, 0.25) is 0 Å². The maximum Gasteiger partial charge on any atom is 0.266 e. The highest BCUT2D eigenvalue weighted by Gasteiger charge is 2.57. The molecule has 29 heavy (non-hydrogen) atoms. The van der Waals surface area contributed by atoms with Crippen LogP contribution in [0.25, 0.3) is 0 Å². The molecule has 0 radical (unpaired) electrons. The molecule has 1 fully saturated rings. The summed E-state index contributed by atoms with van der Waals surface area (Å²) in [6, 6.07) is 14.9. The van der Waals surface area contributed by atoms with E-state index in [0.717, 1.165) is 12.0 Å². The monoisotopic (exact) mass is 418 g/mol. The van der Waals surface area contributed by atoms with Gasteiger partial charge in [-0.15, -0.1) is 0 Å². The number of hydrogen-bond acceptors (Lipinski definition) is 6. The summed E-state index contributed by atoms with van der Waals surface area (Å²) in [5.41, 5.74) is 2.60. The van der Waals surface area contributed by atoms with E-state index in [1.54, 1.807) is 17.6 Å². The summed E-state index contributed by atoms with van der Waals surface area (Å²) in [5, 5.41) is 12.7. The summed E-state index contributed by atoms with van der Waals surface area (Å²) in [5.74, 6) is -0.384. The molecule has 1 saturated carbocycles. The van der Waals surface area contributed by atoms with Gasteiger partial charge in [-0.05, 0) is 42.7 Å². The molecule has 0 spiro atoms. The van der Waals surface area contributed by atoms with Crippen molar-refractivity contribution in [2.45, 2.75) is 47.9 Å². The van der Waals surface area contributed by atoms with Gasteiger partial charge in [0.1, 0.15) is 5.75 Å². The second kappa shape index (κ2) is 8.94. The molecule has 0 bridgehead atoms. The lowest BCUT2D eigenvalue weighted by atomic mass is 9.82. The Morgan fingerprint density at radius 3 is 2.45 bits per heavy atom. The number of methoxy groups -OCH3 is 1. The third-order valence-electron chi connectivity index (χ3n) is 5.58. The van der Waals surface area contributed by atoms with Crippen LogP contribution in [0.15, 0.2) is 59.5 Å². The molecule has 8 heteroatoms. The van der Waals surface area contributed by atoms with Crippen LogP contribution >= 0.6 is 0 Å². The van der Waals surface area contributed by atoms with Gasteiger partial charge in [-0.2, -0.15) is 0 Å². The molecular weight excluding hydrogens is 392 g/mol. The Morgan fingerprint density at radius 2 is 1.83 bits per heavy atom. The number of benzene rings is 2. The van der Waals surface area contributed by atoms with Crippen LogP contribution in [0.4, 0.5) is 0 Å². The average molecular weight is 419 g/mol. The van der Waals surface area contributed by atoms with Crippen LogP contribution < -0.4 is 15.5 Å². The first-order valence-electron chi connectivity index (χ1n) is 9.56. The van der Waals surface area contributed by atoms with E-state index < -0.39 is 26.5 Å². The van der Waals surface area contributed by atoms with Gasteiger partial charge in [0.05, 0.1) is 12.0 Å². The lowest BCUT2D eigenvalue weighted by molar-refractivity contribution is -0.133. The molecule has 0 aliphatic heterocycles. The zero-order chi connectivity index (χ0) is 20.9. The van der Waals surface area contributed by atoms with Gasteiger partial charge in [-0.25, -0.2) is 13.9 Å². The van der Waals surface area contributed by atoms with Crippen LogP contribution in [-0.2, 0) is 21.2 Å². The number of ether oxygens (including phenoxy) is 1. The van der Waals surface area contributed by atoms with E-state index in [2.05, 4.69) is 5.32 Å². The van der Waals surface area contributed by atoms with Crippen molar-refractivity contribution < 1.29 is 23.2 Å². The van der Waals surface area contributed by atoms with Crippen molar-refractivity contribution in [1.82, 2.24) is 10.8 Å². The molecule has 2 unspecified atom stereocenters. The number of amides is 1. The molecule has 3 N–H and O–H groups in total. The largest absolute Gasteiger partial charge is 0.497 e. The predicted octanol–water partition coefficient (Wildman–Crippen LogP) is 2.45. The van der Waals surface area contributed by atoms with Crippen LogP contribution in [0, 0.1) is 0 Å². The van der Waals surface area contributed by atoms with Gasteiger partial charge in [0.2, 0.25) is 0 Å². The summed E-state index contributed by atoms with van der Waals surface area (Å²) in [7, 11) is -2.61. The van der Waals surface area contributed by atoms with E-state index >= 15 is 0 Å². The number of nitrogens with one attached hydrogen (secondary N) is 2. The summed E-state index contributed by atoms with van der Waals surface area (Å²) in [6.45, 7) is 0.421. The third-order valence-corrected chi connectivity index (χ3v) is 8.11. The third kappa shape index (κ3) is 4.01. The molecule has 2 atom stereocenters. The van der Waals surface area contributed by atoms with Crippen LogP contribution in [0.1, 0.15) is 31.2 Å². The normalized spacial score (nSPS) is 22.1. The highest BCUT2D eigenvalue weighted by molar-refractivity contribution is 7.93. The number of carbonyl (C=O) groups excluding carboxylic acids is 1. The zero-order valence-corrected chi connectivity index (χ0v) is 17.1. The molecule has 156 valence electrons. The number of hydroxylamine groups is 1. The standard InChI is InChI=1S/C21H26N2O5S/c1-28-17-10-12-18(13-11-17)29(26,27)21(20(24)23-25)14-6-5-9-19(21)22-15-16-7-3-2-4-8-16/h2-4,7-8,10-13,19,22,25H,5-6,9,14-15H2,1H3,(H,23,24). The Balaban J connectivity index is 2.00. The van der Waals surface area contributed by atoms with Crippen molar-refractivity contribution in [1.29, 1.82) is 0 Å². The van der Waals surface area contributed by atoms with Crippen molar-refractivity contribution in [2.24, 2.45) is 0 Å². The summed E-state index contributed by atoms with van der Waals surface area (Å²) in [6.07, 6.45) is 2.01. The Bertz CT molecular complexity index is 931. The predicted molar refractivity (Wildman–Crippen MR) is 108 cm³/mol. The lowest BCUT2D eigenvalue weighted by Gasteiger charge is -2.41. The molecule has 1 amide bonds. The number of hydrogen-bond donors (Lipinski definition) is 3. The number of rotatable bonds is 7. The fourth-order valence-corrected chi connectivity index (χ4v) is 6.22. The minimum absolute atomic E-state index is 0.0234. The van der Waals surface area contributed by atoms with Gasteiger partial charge in [0.15, 0.2) is 14.6 Å². The Kier molecular flexibility index (Phi) is 6.56. The average Bonchev–Trinajstić information content (AvgIpc) is 2.77. The molecule has 1 aliphatic rings. The summed E-state index contributed by atoms with van der Waals surface area (Å²) in [4.78, 5) is 12.9. The molecule has 3 rings (SSSR count). The Labute approximate surface area is 171 Å². The highest BCUT2D eigenvalue weighted by Crippen LogP contribution is 2.40. The molecule has 0 heterocycles. The molecule has 0 aromatic heterocycles. The van der Waals surface area contributed by atoms with Crippen LogP contribution in [0.3, 0.4) is 0 Å². The first-order chi connectivity index (χ1) is 14.0. The van der Waals surface area contributed by atoms with Crippen molar-refractivity contribution in [3.8, 4) is 5.75 Å². The summed E-state index contributed by atoms with van der Waals surface area (Å²) >= 11 is 0.